The number of likely N-dealkylation sites (tertiary alicyclic amines) is 1. The minimum atomic E-state index is -0.930. The second-order valence-corrected chi connectivity index (χ2v) is 11.1. The number of carbonyl (C=O) groups is 3. The molecule has 3 amide bonds. The number of hydrogen-bond donors (Lipinski definition) is 4. The fourth-order valence-corrected chi connectivity index (χ4v) is 5.02. The summed E-state index contributed by atoms with van der Waals surface area (Å²) in [7, 11) is 0. The van der Waals surface area contributed by atoms with Gasteiger partial charge >= 0.3 is 0 Å². The van der Waals surface area contributed by atoms with Crippen molar-refractivity contribution in [2.45, 2.75) is 58.8 Å². The van der Waals surface area contributed by atoms with Crippen LogP contribution in [-0.4, -0.2) is 82.4 Å². The highest BCUT2D eigenvalue weighted by molar-refractivity contribution is 7.13. The molecule has 1 aromatic heterocycles. The number of nitrogens with zero attached hydrogens (tertiary/aromatic N) is 2. The lowest BCUT2D eigenvalue weighted by Crippen LogP contribution is -2.58. The first-order valence-corrected chi connectivity index (χ1v) is 13.1. The standard InChI is InChI=1S/C26H36N4O6S/c1-16-22(37-15-28-16)18-7-5-17(6-8-18)12-27-24(34)20-11-19(32)13-30(20)25(35)23(26(2,3)4)29-21(33)14-36-10-9-31/h5-8,15,19-20,23,31-32H,9-14H2,1-4H3,(H,27,34)(H,29,33)/t19-,20-,23+/m0/s1. The predicted octanol–water partition coefficient (Wildman–Crippen LogP) is 1.24. The summed E-state index contributed by atoms with van der Waals surface area (Å²) in [5.74, 6) is -1.30. The Morgan fingerprint density at radius 3 is 2.54 bits per heavy atom. The summed E-state index contributed by atoms with van der Waals surface area (Å²) in [5.41, 5.74) is 4.08. The molecule has 1 fully saturated rings. The molecule has 202 valence electrons. The van der Waals surface area contributed by atoms with Gasteiger partial charge in [-0.3, -0.25) is 14.4 Å². The summed E-state index contributed by atoms with van der Waals surface area (Å²) < 4.78 is 5.05. The van der Waals surface area contributed by atoms with Gasteiger partial charge < -0.3 is 30.5 Å². The number of amides is 3. The second kappa shape index (κ2) is 12.6. The maximum absolute atomic E-state index is 13.5. The van der Waals surface area contributed by atoms with Crippen LogP contribution < -0.4 is 10.6 Å². The summed E-state index contributed by atoms with van der Waals surface area (Å²) in [6.07, 6.45) is -0.725. The maximum atomic E-state index is 13.5. The van der Waals surface area contributed by atoms with Crippen molar-refractivity contribution in [3.05, 3.63) is 41.0 Å². The third-order valence-electron chi connectivity index (χ3n) is 6.18. The van der Waals surface area contributed by atoms with Gasteiger partial charge in [0, 0.05) is 19.5 Å². The van der Waals surface area contributed by atoms with E-state index in [0.29, 0.717) is 0 Å². The van der Waals surface area contributed by atoms with Crippen LogP contribution >= 0.6 is 11.3 Å². The minimum absolute atomic E-state index is 0.00325. The Balaban J connectivity index is 1.65. The molecule has 1 aliphatic heterocycles. The molecule has 2 aromatic rings. The molecule has 10 nitrogen and oxygen atoms in total. The Hall–Kier alpha value is -2.86. The summed E-state index contributed by atoms with van der Waals surface area (Å²) in [6, 6.07) is 6.06. The Morgan fingerprint density at radius 2 is 1.95 bits per heavy atom. The Labute approximate surface area is 221 Å². The average Bonchev–Trinajstić information content (AvgIpc) is 3.46. The Morgan fingerprint density at radius 1 is 1.24 bits per heavy atom. The number of hydrogen-bond acceptors (Lipinski definition) is 8. The largest absolute Gasteiger partial charge is 0.394 e. The van der Waals surface area contributed by atoms with Gasteiger partial charge in [0.15, 0.2) is 0 Å². The van der Waals surface area contributed by atoms with Crippen molar-refractivity contribution < 1.29 is 29.3 Å². The molecule has 37 heavy (non-hydrogen) atoms. The quantitative estimate of drug-likeness (QED) is 0.337. The van der Waals surface area contributed by atoms with Gasteiger partial charge in [-0.2, -0.15) is 0 Å². The van der Waals surface area contributed by atoms with E-state index >= 15 is 0 Å². The number of rotatable bonds is 10. The van der Waals surface area contributed by atoms with Crippen molar-refractivity contribution >= 4 is 29.1 Å². The van der Waals surface area contributed by atoms with Crippen LogP contribution in [0, 0.1) is 12.3 Å². The van der Waals surface area contributed by atoms with Gasteiger partial charge in [-0.15, -0.1) is 11.3 Å². The third kappa shape index (κ3) is 7.57. The highest BCUT2D eigenvalue weighted by Gasteiger charge is 2.44. The number of benzene rings is 1. The molecule has 11 heteroatoms. The lowest BCUT2D eigenvalue weighted by atomic mass is 9.85. The predicted molar refractivity (Wildman–Crippen MR) is 140 cm³/mol. The average molecular weight is 533 g/mol. The van der Waals surface area contributed by atoms with E-state index in [0.717, 1.165) is 21.7 Å². The van der Waals surface area contributed by atoms with Crippen molar-refractivity contribution in [1.29, 1.82) is 0 Å². The van der Waals surface area contributed by atoms with E-state index in [4.69, 9.17) is 9.84 Å². The first-order chi connectivity index (χ1) is 17.5. The van der Waals surface area contributed by atoms with Crippen LogP contribution in [0.1, 0.15) is 38.4 Å². The summed E-state index contributed by atoms with van der Waals surface area (Å²) in [5, 5.41) is 24.7. The molecule has 1 saturated heterocycles. The number of thiazole rings is 1. The first-order valence-electron chi connectivity index (χ1n) is 12.2. The van der Waals surface area contributed by atoms with E-state index in [1.165, 1.54) is 4.90 Å². The van der Waals surface area contributed by atoms with Crippen LogP contribution in [0.25, 0.3) is 10.4 Å². The van der Waals surface area contributed by atoms with Gasteiger partial charge in [-0.25, -0.2) is 4.98 Å². The fourth-order valence-electron chi connectivity index (χ4n) is 4.21. The number of β-amino-alcohol motifs (C(OH)–C–C–N with tert-alkyl or cyclic N) is 1. The lowest BCUT2D eigenvalue weighted by molar-refractivity contribution is -0.144. The Kier molecular flexibility index (Phi) is 9.77. The number of aromatic nitrogens is 1. The zero-order chi connectivity index (χ0) is 27.2. The molecular formula is C26H36N4O6S. The molecule has 4 N–H and O–H groups in total. The van der Waals surface area contributed by atoms with E-state index in [2.05, 4.69) is 15.6 Å². The third-order valence-corrected chi connectivity index (χ3v) is 7.16. The van der Waals surface area contributed by atoms with Crippen LogP contribution in [0.15, 0.2) is 29.8 Å². The van der Waals surface area contributed by atoms with E-state index < -0.39 is 35.4 Å². The van der Waals surface area contributed by atoms with Gasteiger partial charge in [0.2, 0.25) is 17.7 Å². The highest BCUT2D eigenvalue weighted by atomic mass is 32.1. The van der Waals surface area contributed by atoms with Gasteiger partial charge in [0.25, 0.3) is 0 Å². The molecule has 1 aromatic carbocycles. The van der Waals surface area contributed by atoms with Crippen LogP contribution in [0.2, 0.25) is 0 Å². The van der Waals surface area contributed by atoms with Crippen molar-refractivity contribution in [3.63, 3.8) is 0 Å². The summed E-state index contributed by atoms with van der Waals surface area (Å²) in [6.45, 7) is 7.16. The number of carbonyl (C=O) groups excluding carboxylic acids is 3. The van der Waals surface area contributed by atoms with Crippen LogP contribution in [0.4, 0.5) is 0 Å². The van der Waals surface area contributed by atoms with Crippen molar-refractivity contribution in [1.82, 2.24) is 20.5 Å². The monoisotopic (exact) mass is 532 g/mol. The number of ether oxygens (including phenoxy) is 1. The molecule has 0 bridgehead atoms. The summed E-state index contributed by atoms with van der Waals surface area (Å²) in [4.78, 5) is 45.7. The zero-order valence-electron chi connectivity index (χ0n) is 21.7. The second-order valence-electron chi connectivity index (χ2n) is 10.2. The van der Waals surface area contributed by atoms with Crippen molar-refractivity contribution in [3.8, 4) is 10.4 Å². The minimum Gasteiger partial charge on any atom is -0.394 e. The molecule has 1 aliphatic rings. The van der Waals surface area contributed by atoms with E-state index in [1.54, 1.807) is 11.3 Å². The molecule has 0 aliphatic carbocycles. The van der Waals surface area contributed by atoms with Crippen LogP contribution in [0.5, 0.6) is 0 Å². The normalized spacial score (nSPS) is 18.5. The van der Waals surface area contributed by atoms with E-state index in [9.17, 15) is 19.5 Å². The lowest BCUT2D eigenvalue weighted by Gasteiger charge is -2.35. The first kappa shape index (κ1) is 28.7. The summed E-state index contributed by atoms with van der Waals surface area (Å²) >= 11 is 1.57. The van der Waals surface area contributed by atoms with Gasteiger partial charge in [0.05, 0.1) is 35.4 Å². The van der Waals surface area contributed by atoms with E-state index in [-0.39, 0.29) is 45.2 Å². The van der Waals surface area contributed by atoms with Gasteiger partial charge in [0.1, 0.15) is 18.7 Å². The topological polar surface area (TPSA) is 141 Å². The van der Waals surface area contributed by atoms with Crippen molar-refractivity contribution in [2.24, 2.45) is 5.41 Å². The highest BCUT2D eigenvalue weighted by Crippen LogP contribution is 2.28. The smallest absolute Gasteiger partial charge is 0.246 e. The van der Waals surface area contributed by atoms with Gasteiger partial charge in [-0.05, 0) is 23.5 Å². The maximum Gasteiger partial charge on any atom is 0.246 e. The molecular weight excluding hydrogens is 496 g/mol. The molecule has 2 heterocycles. The van der Waals surface area contributed by atoms with Crippen LogP contribution in [-0.2, 0) is 25.7 Å². The number of aryl methyl sites for hydroxylation is 1. The van der Waals surface area contributed by atoms with Crippen molar-refractivity contribution in [2.75, 3.05) is 26.4 Å². The fraction of sp³-hybridized carbons (Fsp3) is 0.538. The molecule has 0 spiro atoms. The number of aliphatic hydroxyl groups excluding tert-OH is 2. The number of aliphatic hydroxyl groups is 2. The molecule has 0 radical (unpaired) electrons. The van der Waals surface area contributed by atoms with Gasteiger partial charge in [-0.1, -0.05) is 45.0 Å². The van der Waals surface area contributed by atoms with Crippen LogP contribution in [0.3, 0.4) is 0 Å². The molecule has 0 unspecified atom stereocenters. The molecule has 3 atom stereocenters. The zero-order valence-corrected chi connectivity index (χ0v) is 22.5. The SMILES string of the molecule is Cc1ncsc1-c1ccc(CNC(=O)[C@@H]2C[C@H](O)CN2C(=O)[C@@H](NC(=O)COCCO)C(C)(C)C)cc1. The Bertz CT molecular complexity index is 1080. The number of nitrogens with one attached hydrogen (secondary N) is 2. The van der Waals surface area contributed by atoms with E-state index in [1.807, 2.05) is 57.5 Å². The molecule has 3 rings (SSSR count). The molecule has 0 saturated carbocycles.